The molecular weight excluding hydrogens is 202 g/mol. The van der Waals surface area contributed by atoms with Gasteiger partial charge in [0.25, 0.3) is 0 Å². The highest BCUT2D eigenvalue weighted by molar-refractivity contribution is 5.95. The molecule has 0 aromatic heterocycles. The Bertz CT molecular complexity index is 428. The van der Waals surface area contributed by atoms with Gasteiger partial charge >= 0.3 is 0 Å². The summed E-state index contributed by atoms with van der Waals surface area (Å²) in [4.78, 5) is 11.4. The number of benzene rings is 1. The first kappa shape index (κ1) is 10.7. The normalized spacial score (nSPS) is 16.1. The molecule has 2 rings (SSSR count). The lowest BCUT2D eigenvalue weighted by Gasteiger charge is -2.07. The van der Waals surface area contributed by atoms with Crippen LogP contribution in [0.2, 0.25) is 0 Å². The van der Waals surface area contributed by atoms with Crippen LogP contribution in [0.25, 0.3) is 0 Å². The van der Waals surface area contributed by atoms with Gasteiger partial charge in [0.2, 0.25) is 5.91 Å². The number of hydrogen-bond donors (Lipinski definition) is 3. The van der Waals surface area contributed by atoms with Crippen molar-refractivity contribution in [2.24, 2.45) is 5.73 Å². The van der Waals surface area contributed by atoms with Crippen molar-refractivity contribution >= 4 is 11.7 Å². The van der Waals surface area contributed by atoms with Crippen LogP contribution < -0.4 is 11.1 Å². The fourth-order valence-electron chi connectivity index (χ4n) is 1.83. The number of carbonyl (C=O) groups is 1. The van der Waals surface area contributed by atoms with Crippen LogP contribution in [0, 0.1) is 11.3 Å². The average Bonchev–Trinajstić information content (AvgIpc) is 2.65. The number of nitrogens with two attached hydrogens (primary N) is 1. The zero-order valence-corrected chi connectivity index (χ0v) is 8.92. The van der Waals surface area contributed by atoms with E-state index in [1.165, 1.54) is 0 Å². The molecule has 1 saturated heterocycles. The van der Waals surface area contributed by atoms with Crippen molar-refractivity contribution in [3.8, 4) is 0 Å². The number of carbonyl (C=O) groups excluding carboxylic acids is 1. The monoisotopic (exact) mass is 216 g/mol. The van der Waals surface area contributed by atoms with E-state index >= 15 is 0 Å². The highest BCUT2D eigenvalue weighted by Crippen LogP contribution is 2.19. The first-order valence-electron chi connectivity index (χ1n) is 5.23. The number of amides is 1. The molecule has 1 heterocycles. The summed E-state index contributed by atoms with van der Waals surface area (Å²) >= 11 is 0. The quantitative estimate of drug-likeness (QED) is 0.511. The molecule has 0 saturated carbocycles. The highest BCUT2D eigenvalue weighted by atomic mass is 16.2. The molecule has 83 valence electrons. The maximum absolute atomic E-state index is 11.4. The Hall–Kier alpha value is -1.84. The lowest BCUT2D eigenvalue weighted by Crippen LogP contribution is -2.19. The molecule has 4 N–H and O–H groups in total. The first-order chi connectivity index (χ1) is 7.66. The zero-order valence-electron chi connectivity index (χ0n) is 8.92. The van der Waals surface area contributed by atoms with Gasteiger partial charge in [0.05, 0.1) is 5.92 Å². The van der Waals surface area contributed by atoms with Crippen molar-refractivity contribution in [3.63, 3.8) is 0 Å². The summed E-state index contributed by atoms with van der Waals surface area (Å²) in [5.74, 6) is 1.01. The van der Waals surface area contributed by atoms with Crippen LogP contribution in [0.5, 0.6) is 0 Å². The number of nitrogen functional groups attached to an aromatic ring is 1. The fraction of sp³-hybridized carbons (Fsp3) is 0.250. The van der Waals surface area contributed by atoms with E-state index in [1.54, 1.807) is 6.07 Å². The minimum absolute atomic E-state index is 0.0493. The predicted octanol–water partition coefficient (Wildman–Crippen LogP) is 0.608. The van der Waals surface area contributed by atoms with Crippen LogP contribution in [0.15, 0.2) is 24.3 Å². The summed E-state index contributed by atoms with van der Waals surface area (Å²) in [6, 6.07) is 7.47. The van der Waals surface area contributed by atoms with Gasteiger partial charge in [0, 0.05) is 12.1 Å². The largest absolute Gasteiger partial charge is 0.384 e. The molecule has 16 heavy (non-hydrogen) atoms. The van der Waals surface area contributed by atoms with Gasteiger partial charge in [0.1, 0.15) is 5.84 Å². The predicted molar refractivity (Wildman–Crippen MR) is 62.0 cm³/mol. The Kier molecular flexibility index (Phi) is 2.90. The van der Waals surface area contributed by atoms with Gasteiger partial charge in [-0.05, 0) is 24.5 Å². The minimum Gasteiger partial charge on any atom is -0.384 e. The number of amidine groups is 1. The van der Waals surface area contributed by atoms with Gasteiger partial charge in [-0.25, -0.2) is 0 Å². The van der Waals surface area contributed by atoms with Crippen molar-refractivity contribution in [2.75, 3.05) is 6.54 Å². The third-order valence-corrected chi connectivity index (χ3v) is 2.69. The molecular formula is C12H14N3O. The number of hydrogen-bond acceptors (Lipinski definition) is 2. The van der Waals surface area contributed by atoms with Gasteiger partial charge in [-0.15, -0.1) is 0 Å². The van der Waals surface area contributed by atoms with Crippen molar-refractivity contribution in [2.45, 2.75) is 12.8 Å². The molecule has 1 amide bonds. The summed E-state index contributed by atoms with van der Waals surface area (Å²) in [5.41, 5.74) is 7.15. The molecule has 0 atom stereocenters. The lowest BCUT2D eigenvalue weighted by molar-refractivity contribution is -0.117. The van der Waals surface area contributed by atoms with Crippen LogP contribution in [0.1, 0.15) is 17.5 Å². The van der Waals surface area contributed by atoms with Gasteiger partial charge in [0.15, 0.2) is 0 Å². The number of nitrogens with one attached hydrogen (secondary N) is 2. The van der Waals surface area contributed by atoms with Crippen molar-refractivity contribution < 1.29 is 4.79 Å². The molecule has 1 radical (unpaired) electrons. The average molecular weight is 216 g/mol. The summed E-state index contributed by atoms with van der Waals surface area (Å²) in [5, 5.41) is 10.1. The van der Waals surface area contributed by atoms with E-state index in [2.05, 4.69) is 5.32 Å². The Morgan fingerprint density at radius 2 is 2.31 bits per heavy atom. The van der Waals surface area contributed by atoms with Gasteiger partial charge in [-0.1, -0.05) is 18.2 Å². The standard InChI is InChI=1S/C12H14N3O/c13-11(14)9-3-1-2-8(6-9)7-10-4-5-15-12(10)16/h1-3,6H,4-5,7H2,(H3,13,14)(H,15,16). The topological polar surface area (TPSA) is 79.0 Å². The summed E-state index contributed by atoms with van der Waals surface area (Å²) < 4.78 is 0. The molecule has 0 unspecified atom stereocenters. The van der Waals surface area contributed by atoms with Crippen LogP contribution in [0.3, 0.4) is 0 Å². The third-order valence-electron chi connectivity index (χ3n) is 2.69. The summed E-state index contributed by atoms with van der Waals surface area (Å²) in [7, 11) is 0. The molecule has 4 heteroatoms. The van der Waals surface area contributed by atoms with E-state index in [0.717, 1.165) is 24.4 Å². The Morgan fingerprint density at radius 3 is 2.94 bits per heavy atom. The molecule has 1 aromatic carbocycles. The van der Waals surface area contributed by atoms with Crippen LogP contribution in [-0.4, -0.2) is 18.3 Å². The van der Waals surface area contributed by atoms with E-state index in [4.69, 9.17) is 11.1 Å². The van der Waals surface area contributed by atoms with Crippen LogP contribution in [0.4, 0.5) is 0 Å². The van der Waals surface area contributed by atoms with E-state index in [9.17, 15) is 4.79 Å². The minimum atomic E-state index is 0.0493. The maximum atomic E-state index is 11.4. The molecule has 1 aliphatic rings. The SMILES string of the molecule is N=C(N)c1cccc(C[C]2CCNC2=O)c1. The second-order valence-electron chi connectivity index (χ2n) is 3.90. The molecule has 0 spiro atoms. The molecule has 1 fully saturated rings. The van der Waals surface area contributed by atoms with Crippen LogP contribution >= 0.6 is 0 Å². The zero-order chi connectivity index (χ0) is 11.5. The molecule has 1 aliphatic heterocycles. The van der Waals surface area contributed by atoms with Gasteiger partial charge in [-0.3, -0.25) is 10.2 Å². The summed E-state index contributed by atoms with van der Waals surface area (Å²) in [6.45, 7) is 0.737. The smallest absolute Gasteiger partial charge is 0.227 e. The Labute approximate surface area is 94.4 Å². The van der Waals surface area contributed by atoms with Gasteiger partial charge in [-0.2, -0.15) is 0 Å². The second kappa shape index (κ2) is 4.35. The fourth-order valence-corrected chi connectivity index (χ4v) is 1.83. The summed E-state index contributed by atoms with van der Waals surface area (Å²) in [6.07, 6.45) is 1.45. The number of rotatable bonds is 3. The Morgan fingerprint density at radius 1 is 1.50 bits per heavy atom. The van der Waals surface area contributed by atoms with Gasteiger partial charge < -0.3 is 11.1 Å². The van der Waals surface area contributed by atoms with Crippen molar-refractivity contribution in [3.05, 3.63) is 41.3 Å². The molecule has 0 aliphatic carbocycles. The Balaban J connectivity index is 2.12. The first-order valence-corrected chi connectivity index (χ1v) is 5.23. The van der Waals surface area contributed by atoms with Crippen molar-refractivity contribution in [1.29, 1.82) is 5.41 Å². The highest BCUT2D eigenvalue weighted by Gasteiger charge is 2.24. The van der Waals surface area contributed by atoms with Crippen LogP contribution in [-0.2, 0) is 11.2 Å². The van der Waals surface area contributed by atoms with E-state index in [1.807, 2.05) is 18.2 Å². The van der Waals surface area contributed by atoms with Crippen molar-refractivity contribution in [1.82, 2.24) is 5.32 Å². The van der Waals surface area contributed by atoms with E-state index in [0.29, 0.717) is 12.0 Å². The lowest BCUT2D eigenvalue weighted by atomic mass is 9.97. The molecule has 1 aromatic rings. The molecule has 0 bridgehead atoms. The van der Waals surface area contributed by atoms with E-state index in [-0.39, 0.29) is 11.7 Å². The molecule has 4 nitrogen and oxygen atoms in total. The maximum Gasteiger partial charge on any atom is 0.227 e. The third kappa shape index (κ3) is 2.21. The second-order valence-corrected chi connectivity index (χ2v) is 3.90. The van der Waals surface area contributed by atoms with E-state index < -0.39 is 0 Å².